The van der Waals surface area contributed by atoms with Crippen molar-refractivity contribution in [3.63, 3.8) is 0 Å². The number of carbonyl (C=O) groups excluding carboxylic acids is 1. The van der Waals surface area contributed by atoms with Crippen molar-refractivity contribution >= 4 is 5.78 Å². The molecular weight excluding hydrogens is 424 g/mol. The number of hydrogen-bond donors (Lipinski definition) is 0. The molecule has 4 fully saturated rings. The molecule has 1 nitrogen and oxygen atoms in total. The summed E-state index contributed by atoms with van der Waals surface area (Å²) in [5.41, 5.74) is 3.29. The maximum Gasteiger partial charge on any atom is 0.159 e. The van der Waals surface area contributed by atoms with Gasteiger partial charge in [-0.15, -0.1) is 0 Å². The molecule has 0 saturated heterocycles. The highest BCUT2D eigenvalue weighted by atomic mass is 16.1. The van der Waals surface area contributed by atoms with Gasteiger partial charge in [0.05, 0.1) is 0 Å². The van der Waals surface area contributed by atoms with Crippen LogP contribution in [0.25, 0.3) is 0 Å². The van der Waals surface area contributed by atoms with Crippen LogP contribution in [0.1, 0.15) is 145 Å². The van der Waals surface area contributed by atoms with E-state index in [0.29, 0.717) is 33.9 Å². The van der Waals surface area contributed by atoms with Gasteiger partial charge in [0.2, 0.25) is 0 Å². The minimum atomic E-state index is 0.115. The van der Waals surface area contributed by atoms with Gasteiger partial charge in [0.25, 0.3) is 0 Å². The van der Waals surface area contributed by atoms with Crippen molar-refractivity contribution in [2.24, 2.45) is 50.2 Å². The fraction of sp³-hybridized carbons (Fsp3) is 0.912. The van der Waals surface area contributed by atoms with Crippen LogP contribution in [-0.2, 0) is 4.79 Å². The molecule has 8 atom stereocenters. The van der Waals surface area contributed by atoms with Gasteiger partial charge >= 0.3 is 0 Å². The van der Waals surface area contributed by atoms with E-state index in [4.69, 9.17) is 0 Å². The second kappa shape index (κ2) is 8.20. The first-order valence-electron chi connectivity index (χ1n) is 15.5. The summed E-state index contributed by atoms with van der Waals surface area (Å²) in [6.07, 6.45) is 20.9. The first-order chi connectivity index (χ1) is 16.2. The minimum Gasteiger partial charge on any atom is -0.295 e. The lowest BCUT2D eigenvalue weighted by Gasteiger charge is -2.70. The van der Waals surface area contributed by atoms with E-state index in [0.717, 1.165) is 0 Å². The Morgan fingerprint density at radius 2 is 1.57 bits per heavy atom. The van der Waals surface area contributed by atoms with Crippen LogP contribution in [0.2, 0.25) is 0 Å². The highest BCUT2D eigenvalue weighted by Crippen LogP contribution is 2.75. The topological polar surface area (TPSA) is 17.1 Å². The molecule has 0 aliphatic heterocycles. The van der Waals surface area contributed by atoms with Gasteiger partial charge in [0.15, 0.2) is 5.78 Å². The molecule has 0 heterocycles. The molecule has 0 aromatic heterocycles. The van der Waals surface area contributed by atoms with Gasteiger partial charge in [0, 0.05) is 5.92 Å². The van der Waals surface area contributed by atoms with Crippen LogP contribution in [0.4, 0.5) is 0 Å². The van der Waals surface area contributed by atoms with E-state index in [2.05, 4.69) is 61.5 Å². The van der Waals surface area contributed by atoms with Gasteiger partial charge in [-0.25, -0.2) is 0 Å². The van der Waals surface area contributed by atoms with E-state index < -0.39 is 0 Å². The summed E-state index contributed by atoms with van der Waals surface area (Å²) in [6.45, 7) is 20.2. The average Bonchev–Trinajstić information content (AvgIpc) is 2.76. The Morgan fingerprint density at radius 3 is 2.29 bits per heavy atom. The Bertz CT molecular complexity index is 896. The molecule has 5 aliphatic rings. The van der Waals surface area contributed by atoms with Gasteiger partial charge in [0.1, 0.15) is 0 Å². The quantitative estimate of drug-likeness (QED) is 0.366. The summed E-state index contributed by atoms with van der Waals surface area (Å²) in [6, 6.07) is 0. The van der Waals surface area contributed by atoms with Crippen molar-refractivity contribution < 1.29 is 4.79 Å². The standard InChI is InChI=1S/C34H56O/c1-9-10-11-15-30(4)18-19-31(5)20-21-33(7)24(25(31)23-30)22-26(35)28-32(6)16-12-14-29(2,3)27(32)13-17-34(28,33)8/h22,25,27-28H,9-21,23H2,1-8H3/t25-,27?,28?,30?,31+,32-,33+,34+/m0/s1. The zero-order valence-corrected chi connectivity index (χ0v) is 24.6. The number of hydrogen-bond acceptors (Lipinski definition) is 1. The van der Waals surface area contributed by atoms with E-state index in [-0.39, 0.29) is 22.2 Å². The largest absolute Gasteiger partial charge is 0.295 e. The van der Waals surface area contributed by atoms with E-state index in [9.17, 15) is 4.79 Å². The van der Waals surface area contributed by atoms with Crippen molar-refractivity contribution in [2.45, 2.75) is 145 Å². The number of carbonyl (C=O) groups is 1. The van der Waals surface area contributed by atoms with Crippen LogP contribution < -0.4 is 0 Å². The lowest BCUT2D eigenvalue weighted by atomic mass is 9.33. The van der Waals surface area contributed by atoms with Crippen LogP contribution in [0.15, 0.2) is 11.6 Å². The Labute approximate surface area is 217 Å². The molecule has 0 aromatic rings. The Kier molecular flexibility index (Phi) is 6.10. The fourth-order valence-corrected chi connectivity index (χ4v) is 11.4. The number of ketones is 1. The van der Waals surface area contributed by atoms with Gasteiger partial charge < -0.3 is 0 Å². The van der Waals surface area contributed by atoms with Crippen LogP contribution in [0.3, 0.4) is 0 Å². The highest BCUT2D eigenvalue weighted by Gasteiger charge is 2.69. The summed E-state index contributed by atoms with van der Waals surface area (Å²) < 4.78 is 0. The lowest BCUT2D eigenvalue weighted by Crippen LogP contribution is -2.65. The molecule has 5 rings (SSSR count). The van der Waals surface area contributed by atoms with Gasteiger partial charge in [-0.05, 0) is 115 Å². The summed E-state index contributed by atoms with van der Waals surface area (Å²) in [5, 5.41) is 0. The summed E-state index contributed by atoms with van der Waals surface area (Å²) in [5.74, 6) is 2.03. The normalized spacial score (nSPS) is 50.9. The molecule has 0 amide bonds. The molecule has 4 saturated carbocycles. The molecule has 0 aromatic carbocycles. The zero-order chi connectivity index (χ0) is 25.5. The molecule has 1 heteroatoms. The molecule has 198 valence electrons. The second-order valence-corrected chi connectivity index (χ2v) is 16.3. The van der Waals surface area contributed by atoms with E-state index >= 15 is 0 Å². The lowest BCUT2D eigenvalue weighted by molar-refractivity contribution is -0.184. The van der Waals surface area contributed by atoms with Crippen LogP contribution in [0.5, 0.6) is 0 Å². The smallest absolute Gasteiger partial charge is 0.159 e. The third-order valence-corrected chi connectivity index (χ3v) is 13.8. The molecule has 5 aliphatic carbocycles. The first-order valence-corrected chi connectivity index (χ1v) is 15.5. The maximum atomic E-state index is 14.4. The minimum absolute atomic E-state index is 0.115. The number of rotatable bonds is 4. The number of unbranched alkanes of at least 4 members (excludes halogenated alkanes) is 2. The Balaban J connectivity index is 1.55. The molecule has 0 bridgehead atoms. The fourth-order valence-electron chi connectivity index (χ4n) is 11.4. The third kappa shape index (κ3) is 3.62. The SMILES string of the molecule is CCCCCC1(C)CC[C@]2(C)CC[C@]3(C)C(=CC(=O)C4[C@@]5(C)CCCC(C)(C)C5CC[C@]43C)[C@@H]2C1. The van der Waals surface area contributed by atoms with Gasteiger partial charge in [-0.1, -0.05) is 86.6 Å². The third-order valence-electron chi connectivity index (χ3n) is 13.8. The Hall–Kier alpha value is -0.590. The monoisotopic (exact) mass is 480 g/mol. The molecule has 0 radical (unpaired) electrons. The molecular formula is C34H56O. The van der Waals surface area contributed by atoms with E-state index in [1.165, 1.54) is 89.9 Å². The molecule has 3 unspecified atom stereocenters. The Morgan fingerprint density at radius 1 is 0.857 bits per heavy atom. The van der Waals surface area contributed by atoms with Crippen molar-refractivity contribution in [1.82, 2.24) is 0 Å². The van der Waals surface area contributed by atoms with Crippen molar-refractivity contribution in [3.05, 3.63) is 11.6 Å². The predicted molar refractivity (Wildman–Crippen MR) is 148 cm³/mol. The molecule has 0 spiro atoms. The zero-order valence-electron chi connectivity index (χ0n) is 24.6. The van der Waals surface area contributed by atoms with Crippen LogP contribution in [-0.4, -0.2) is 5.78 Å². The van der Waals surface area contributed by atoms with E-state index in [1.54, 1.807) is 5.57 Å². The van der Waals surface area contributed by atoms with Crippen LogP contribution in [0, 0.1) is 50.2 Å². The van der Waals surface area contributed by atoms with Gasteiger partial charge in [-0.3, -0.25) is 4.79 Å². The summed E-state index contributed by atoms with van der Waals surface area (Å²) >= 11 is 0. The van der Waals surface area contributed by atoms with Gasteiger partial charge in [-0.2, -0.15) is 0 Å². The summed E-state index contributed by atoms with van der Waals surface area (Å²) in [4.78, 5) is 14.4. The van der Waals surface area contributed by atoms with Crippen LogP contribution >= 0.6 is 0 Å². The molecule has 0 N–H and O–H groups in total. The van der Waals surface area contributed by atoms with Crippen molar-refractivity contribution in [3.8, 4) is 0 Å². The number of fused-ring (bicyclic) bond motifs is 7. The highest BCUT2D eigenvalue weighted by molar-refractivity contribution is 5.95. The maximum absolute atomic E-state index is 14.4. The number of allylic oxidation sites excluding steroid dienone is 2. The first kappa shape index (κ1) is 26.0. The second-order valence-electron chi connectivity index (χ2n) is 16.3. The molecule has 35 heavy (non-hydrogen) atoms. The summed E-state index contributed by atoms with van der Waals surface area (Å²) in [7, 11) is 0. The predicted octanol–water partition coefficient (Wildman–Crippen LogP) is 9.94. The van der Waals surface area contributed by atoms with Crippen molar-refractivity contribution in [1.29, 1.82) is 0 Å². The average molecular weight is 481 g/mol. The van der Waals surface area contributed by atoms with Crippen molar-refractivity contribution in [2.75, 3.05) is 0 Å². The van der Waals surface area contributed by atoms with E-state index in [1.807, 2.05) is 0 Å².